The van der Waals surface area contributed by atoms with Gasteiger partial charge in [-0.05, 0) is 17.7 Å². The van der Waals surface area contributed by atoms with Gasteiger partial charge in [0.25, 0.3) is 0 Å². The Hall–Kier alpha value is -1.58. The minimum atomic E-state index is -1.61. The Morgan fingerprint density at radius 2 is 1.93 bits per heavy atom. The van der Waals surface area contributed by atoms with Gasteiger partial charge < -0.3 is 9.47 Å². The number of esters is 1. The number of ether oxygens (including phenoxy) is 2. The molecule has 0 radical (unpaired) electrons. The molecule has 1 aromatic carbocycles. The number of halogens is 1. The summed E-state index contributed by atoms with van der Waals surface area (Å²) in [7, 11) is 2.73. The first-order valence-electron chi connectivity index (χ1n) is 4.52. The molecule has 0 aliphatic heterocycles. The largest absolute Gasteiger partial charge is 0.497 e. The number of carbonyl (C=O) groups is 1. The molecular formula is C11H13FO3. The van der Waals surface area contributed by atoms with Gasteiger partial charge in [0.15, 0.2) is 0 Å². The van der Waals surface area contributed by atoms with E-state index in [9.17, 15) is 9.18 Å². The molecule has 0 N–H and O–H groups in total. The quantitative estimate of drug-likeness (QED) is 0.713. The normalized spacial score (nSPS) is 11.9. The fourth-order valence-corrected chi connectivity index (χ4v) is 1.18. The van der Waals surface area contributed by atoms with Crippen molar-refractivity contribution in [1.82, 2.24) is 0 Å². The Morgan fingerprint density at radius 1 is 1.33 bits per heavy atom. The smallest absolute Gasteiger partial charge is 0.340 e. The molecule has 0 spiro atoms. The number of benzene rings is 1. The van der Waals surface area contributed by atoms with Crippen LogP contribution in [0.3, 0.4) is 0 Å². The van der Waals surface area contributed by atoms with Crippen molar-refractivity contribution in [3.63, 3.8) is 0 Å². The molecule has 0 fully saturated rings. The molecule has 1 atom stereocenters. The number of methoxy groups -OCH3 is 2. The second kappa shape index (κ2) is 5.34. The van der Waals surface area contributed by atoms with Crippen LogP contribution in [0.15, 0.2) is 24.3 Å². The molecule has 82 valence electrons. The maximum atomic E-state index is 13.2. The van der Waals surface area contributed by atoms with Crippen molar-refractivity contribution in [1.29, 1.82) is 0 Å². The van der Waals surface area contributed by atoms with Gasteiger partial charge in [-0.1, -0.05) is 12.1 Å². The summed E-state index contributed by atoms with van der Waals surface area (Å²) in [5, 5.41) is 0. The van der Waals surface area contributed by atoms with Crippen LogP contribution in [0.2, 0.25) is 0 Å². The number of alkyl halides is 1. The van der Waals surface area contributed by atoms with Crippen LogP contribution >= 0.6 is 0 Å². The minimum absolute atomic E-state index is 0.0245. The van der Waals surface area contributed by atoms with Crippen molar-refractivity contribution in [3.8, 4) is 5.75 Å². The molecule has 1 rings (SSSR count). The van der Waals surface area contributed by atoms with Gasteiger partial charge in [0.05, 0.1) is 14.2 Å². The zero-order valence-electron chi connectivity index (χ0n) is 8.70. The van der Waals surface area contributed by atoms with E-state index in [4.69, 9.17) is 4.74 Å². The topological polar surface area (TPSA) is 35.5 Å². The maximum absolute atomic E-state index is 13.2. The maximum Gasteiger partial charge on any atom is 0.340 e. The van der Waals surface area contributed by atoms with Crippen molar-refractivity contribution in [2.24, 2.45) is 0 Å². The Bertz CT molecular complexity index is 321. The summed E-state index contributed by atoms with van der Waals surface area (Å²) in [4.78, 5) is 10.8. The van der Waals surface area contributed by atoms with Crippen LogP contribution in [0.4, 0.5) is 4.39 Å². The Morgan fingerprint density at radius 3 is 2.40 bits per heavy atom. The van der Waals surface area contributed by atoms with Crippen LogP contribution in [0, 0.1) is 0 Å². The average molecular weight is 212 g/mol. The Kier molecular flexibility index (Phi) is 4.09. The van der Waals surface area contributed by atoms with Gasteiger partial charge in [0.2, 0.25) is 6.17 Å². The molecule has 1 unspecified atom stereocenters. The number of hydrogen-bond acceptors (Lipinski definition) is 3. The fraction of sp³-hybridized carbons (Fsp3) is 0.364. The molecule has 0 saturated heterocycles. The lowest BCUT2D eigenvalue weighted by molar-refractivity contribution is -0.146. The number of hydrogen-bond donors (Lipinski definition) is 0. The van der Waals surface area contributed by atoms with Crippen LogP contribution in [0.5, 0.6) is 5.75 Å². The van der Waals surface area contributed by atoms with Gasteiger partial charge in [-0.2, -0.15) is 0 Å². The molecule has 1 aromatic rings. The van der Waals surface area contributed by atoms with Gasteiger partial charge in [0, 0.05) is 6.42 Å². The first-order valence-corrected chi connectivity index (χ1v) is 4.52. The third-order valence-corrected chi connectivity index (χ3v) is 2.03. The van der Waals surface area contributed by atoms with E-state index < -0.39 is 12.1 Å². The van der Waals surface area contributed by atoms with E-state index in [0.717, 1.165) is 5.56 Å². The average Bonchev–Trinajstić information content (AvgIpc) is 2.29. The van der Waals surface area contributed by atoms with E-state index in [-0.39, 0.29) is 6.42 Å². The highest BCUT2D eigenvalue weighted by molar-refractivity contribution is 5.74. The standard InChI is InChI=1S/C11H13FO3/c1-14-9-5-3-8(4-6-9)7-10(12)11(13)15-2/h3-6,10H,7H2,1-2H3. The summed E-state index contributed by atoms with van der Waals surface area (Å²) in [6.45, 7) is 0. The second-order valence-corrected chi connectivity index (χ2v) is 3.04. The summed E-state index contributed by atoms with van der Waals surface area (Å²) in [6, 6.07) is 6.88. The van der Waals surface area contributed by atoms with E-state index in [2.05, 4.69) is 4.74 Å². The van der Waals surface area contributed by atoms with E-state index >= 15 is 0 Å². The summed E-state index contributed by atoms with van der Waals surface area (Å²) in [5.41, 5.74) is 0.730. The van der Waals surface area contributed by atoms with Crippen LogP contribution in [0.1, 0.15) is 5.56 Å². The highest BCUT2D eigenvalue weighted by atomic mass is 19.1. The SMILES string of the molecule is COC(=O)C(F)Cc1ccc(OC)cc1. The monoisotopic (exact) mass is 212 g/mol. The first kappa shape index (κ1) is 11.5. The number of rotatable bonds is 4. The third-order valence-electron chi connectivity index (χ3n) is 2.03. The first-order chi connectivity index (χ1) is 7.17. The number of carbonyl (C=O) groups excluding carboxylic acids is 1. The molecule has 0 heterocycles. The molecule has 15 heavy (non-hydrogen) atoms. The lowest BCUT2D eigenvalue weighted by atomic mass is 10.1. The summed E-state index contributed by atoms with van der Waals surface area (Å²) in [5.74, 6) is -0.141. The van der Waals surface area contributed by atoms with E-state index in [1.807, 2.05) is 0 Å². The highest BCUT2D eigenvalue weighted by Crippen LogP contribution is 2.13. The Balaban J connectivity index is 2.60. The molecule has 0 amide bonds. The molecule has 3 nitrogen and oxygen atoms in total. The van der Waals surface area contributed by atoms with E-state index in [0.29, 0.717) is 5.75 Å². The van der Waals surface area contributed by atoms with Crippen LogP contribution in [-0.4, -0.2) is 26.4 Å². The lowest BCUT2D eigenvalue weighted by Crippen LogP contribution is -2.19. The molecule has 0 aliphatic carbocycles. The van der Waals surface area contributed by atoms with Gasteiger partial charge >= 0.3 is 5.97 Å². The zero-order valence-corrected chi connectivity index (χ0v) is 8.70. The molecule has 0 bridgehead atoms. The summed E-state index contributed by atoms with van der Waals surface area (Å²) < 4.78 is 22.4. The van der Waals surface area contributed by atoms with Crippen molar-refractivity contribution in [2.45, 2.75) is 12.6 Å². The molecule has 0 aromatic heterocycles. The van der Waals surface area contributed by atoms with Crippen molar-refractivity contribution in [2.75, 3.05) is 14.2 Å². The van der Waals surface area contributed by atoms with Crippen molar-refractivity contribution >= 4 is 5.97 Å². The van der Waals surface area contributed by atoms with Crippen LogP contribution in [0.25, 0.3) is 0 Å². The summed E-state index contributed by atoms with van der Waals surface area (Å²) >= 11 is 0. The third kappa shape index (κ3) is 3.23. The van der Waals surface area contributed by atoms with Gasteiger partial charge in [-0.25, -0.2) is 9.18 Å². The van der Waals surface area contributed by atoms with Gasteiger partial charge in [-0.3, -0.25) is 0 Å². The Labute approximate surface area is 87.8 Å². The molecular weight excluding hydrogens is 199 g/mol. The zero-order chi connectivity index (χ0) is 11.3. The molecule has 0 saturated carbocycles. The van der Waals surface area contributed by atoms with Gasteiger partial charge in [-0.15, -0.1) is 0 Å². The highest BCUT2D eigenvalue weighted by Gasteiger charge is 2.17. The predicted octanol–water partition coefficient (Wildman–Crippen LogP) is 1.75. The van der Waals surface area contributed by atoms with E-state index in [1.54, 1.807) is 31.4 Å². The van der Waals surface area contributed by atoms with Crippen molar-refractivity contribution < 1.29 is 18.7 Å². The molecule has 0 aliphatic rings. The lowest BCUT2D eigenvalue weighted by Gasteiger charge is -2.06. The predicted molar refractivity (Wildman–Crippen MR) is 53.6 cm³/mol. The fourth-order valence-electron chi connectivity index (χ4n) is 1.18. The molecule has 4 heteroatoms. The van der Waals surface area contributed by atoms with Crippen LogP contribution in [-0.2, 0) is 16.0 Å². The second-order valence-electron chi connectivity index (χ2n) is 3.04. The van der Waals surface area contributed by atoms with Crippen molar-refractivity contribution in [3.05, 3.63) is 29.8 Å². The van der Waals surface area contributed by atoms with Gasteiger partial charge in [0.1, 0.15) is 5.75 Å². The summed E-state index contributed by atoms with van der Waals surface area (Å²) in [6.07, 6.45) is -1.58. The van der Waals surface area contributed by atoms with Crippen LogP contribution < -0.4 is 4.74 Å². The van der Waals surface area contributed by atoms with E-state index in [1.165, 1.54) is 7.11 Å². The minimum Gasteiger partial charge on any atom is -0.497 e.